The topological polar surface area (TPSA) is 70.1 Å². The number of nitrogens with one attached hydrogen (secondary N) is 2. The number of piperazine rings is 1. The molecular weight excluding hydrogens is 434 g/mol. The molecule has 0 bridgehead atoms. The first-order chi connectivity index (χ1) is 15.5. The Morgan fingerprint density at radius 3 is 2.59 bits per heavy atom. The van der Waals surface area contributed by atoms with Gasteiger partial charge in [-0.25, -0.2) is 8.78 Å². The summed E-state index contributed by atoms with van der Waals surface area (Å²) >= 11 is 1.16. The minimum Gasteiger partial charge on any atom is -0.366 e. The quantitative estimate of drug-likeness (QED) is 0.496. The molecule has 6 nitrogen and oxygen atoms in total. The highest BCUT2D eigenvalue weighted by molar-refractivity contribution is 7.12. The minimum absolute atomic E-state index is 0.0672. The number of nitrogens with zero attached hydrogens (tertiary/aromatic N) is 2. The van der Waals surface area contributed by atoms with Crippen LogP contribution in [-0.4, -0.2) is 28.6 Å². The Hall–Kier alpha value is -3.04. The van der Waals surface area contributed by atoms with Gasteiger partial charge in [0, 0.05) is 37.1 Å². The van der Waals surface area contributed by atoms with Crippen molar-refractivity contribution in [3.05, 3.63) is 74.2 Å². The number of benzene rings is 2. The predicted molar refractivity (Wildman–Crippen MR) is 122 cm³/mol. The fourth-order valence-electron chi connectivity index (χ4n) is 4.66. The van der Waals surface area contributed by atoms with E-state index in [1.165, 1.54) is 18.2 Å². The number of anilines is 1. The molecule has 9 heteroatoms. The van der Waals surface area contributed by atoms with Crippen LogP contribution < -0.4 is 21.2 Å². The maximum absolute atomic E-state index is 15.3. The summed E-state index contributed by atoms with van der Waals surface area (Å²) < 4.78 is 33.3. The van der Waals surface area contributed by atoms with E-state index in [0.717, 1.165) is 29.9 Å². The van der Waals surface area contributed by atoms with E-state index < -0.39 is 16.8 Å². The standard InChI is InChI=1S/C23H20F2N4O2S/c24-13-3-1-12(2-4-13)17-11-28(8-7-26-17)19-10-18-15(9-16(19)25)21(30)20-22(31)27-32-23(20)29(18)14-5-6-14/h1-4,9-10,14,17,26H,5-8,11H2,(H,27,31). The zero-order valence-electron chi connectivity index (χ0n) is 17.0. The Bertz CT molecular complexity index is 1470. The number of halogens is 2. The van der Waals surface area contributed by atoms with Crippen LogP contribution >= 0.6 is 11.5 Å². The van der Waals surface area contributed by atoms with Crippen LogP contribution in [0.3, 0.4) is 0 Å². The summed E-state index contributed by atoms with van der Waals surface area (Å²) in [5.41, 5.74) is 1.19. The molecular formula is C23H20F2N4O2S. The molecule has 164 valence electrons. The largest absolute Gasteiger partial charge is 0.366 e. The Morgan fingerprint density at radius 2 is 1.84 bits per heavy atom. The Kier molecular flexibility index (Phi) is 4.44. The van der Waals surface area contributed by atoms with Gasteiger partial charge in [0.25, 0.3) is 5.56 Å². The van der Waals surface area contributed by atoms with E-state index in [-0.39, 0.29) is 28.7 Å². The zero-order chi connectivity index (χ0) is 22.0. The van der Waals surface area contributed by atoms with Crippen LogP contribution in [0, 0.1) is 11.6 Å². The van der Waals surface area contributed by atoms with Gasteiger partial charge in [-0.05, 0) is 54.2 Å². The van der Waals surface area contributed by atoms with E-state index >= 15 is 4.39 Å². The van der Waals surface area contributed by atoms with Crippen LogP contribution in [0.1, 0.15) is 30.5 Å². The van der Waals surface area contributed by atoms with Gasteiger partial charge in [-0.15, -0.1) is 0 Å². The zero-order valence-corrected chi connectivity index (χ0v) is 17.8. The smallest absolute Gasteiger partial charge is 0.271 e. The van der Waals surface area contributed by atoms with Gasteiger partial charge in [0.05, 0.1) is 11.2 Å². The van der Waals surface area contributed by atoms with E-state index in [1.54, 1.807) is 18.2 Å². The van der Waals surface area contributed by atoms with Crippen LogP contribution in [-0.2, 0) is 0 Å². The second kappa shape index (κ2) is 7.25. The number of fused-ring (bicyclic) bond motifs is 2. The van der Waals surface area contributed by atoms with Crippen molar-refractivity contribution in [3.63, 3.8) is 0 Å². The second-order valence-corrected chi connectivity index (χ2v) is 9.26. The molecule has 2 aromatic carbocycles. The molecule has 1 unspecified atom stereocenters. The summed E-state index contributed by atoms with van der Waals surface area (Å²) in [6.45, 7) is 1.77. The van der Waals surface area contributed by atoms with Crippen molar-refractivity contribution in [3.8, 4) is 0 Å². The molecule has 1 saturated heterocycles. The van der Waals surface area contributed by atoms with Crippen LogP contribution in [0.4, 0.5) is 14.5 Å². The normalized spacial score (nSPS) is 19.2. The number of H-pyrrole nitrogens is 1. The van der Waals surface area contributed by atoms with Crippen LogP contribution in [0.5, 0.6) is 0 Å². The van der Waals surface area contributed by atoms with Crippen molar-refractivity contribution in [1.29, 1.82) is 0 Å². The first-order valence-electron chi connectivity index (χ1n) is 10.6. The average molecular weight is 455 g/mol. The molecule has 2 aromatic heterocycles. The highest BCUT2D eigenvalue weighted by Gasteiger charge is 2.30. The third kappa shape index (κ3) is 3.07. The molecule has 1 aliphatic heterocycles. The summed E-state index contributed by atoms with van der Waals surface area (Å²) in [6, 6.07) is 9.50. The number of pyridine rings is 1. The highest BCUT2D eigenvalue weighted by Crippen LogP contribution is 2.41. The third-order valence-corrected chi connectivity index (χ3v) is 7.28. The van der Waals surface area contributed by atoms with E-state index in [4.69, 9.17) is 0 Å². The summed E-state index contributed by atoms with van der Waals surface area (Å²) in [5.74, 6) is -0.777. The molecule has 2 fully saturated rings. The Morgan fingerprint density at radius 1 is 1.06 bits per heavy atom. The van der Waals surface area contributed by atoms with Crippen LogP contribution in [0.2, 0.25) is 0 Å². The summed E-state index contributed by atoms with van der Waals surface area (Å²) in [4.78, 5) is 27.8. The molecule has 1 saturated carbocycles. The van der Waals surface area contributed by atoms with Gasteiger partial charge in [0.1, 0.15) is 21.9 Å². The third-order valence-electron chi connectivity index (χ3n) is 6.40. The molecule has 1 aliphatic carbocycles. The van der Waals surface area contributed by atoms with E-state index in [9.17, 15) is 14.0 Å². The highest BCUT2D eigenvalue weighted by atomic mass is 32.1. The molecule has 1 atom stereocenters. The van der Waals surface area contributed by atoms with Gasteiger partial charge < -0.3 is 14.8 Å². The first-order valence-corrected chi connectivity index (χ1v) is 11.5. The maximum atomic E-state index is 15.3. The molecule has 2 N–H and O–H groups in total. The van der Waals surface area contributed by atoms with Crippen LogP contribution in [0.25, 0.3) is 21.1 Å². The second-order valence-electron chi connectivity index (χ2n) is 8.47. The molecule has 2 aliphatic rings. The van der Waals surface area contributed by atoms with Gasteiger partial charge in [0.15, 0.2) is 0 Å². The van der Waals surface area contributed by atoms with Gasteiger partial charge in [0.2, 0.25) is 5.43 Å². The van der Waals surface area contributed by atoms with E-state index in [1.807, 2.05) is 9.47 Å². The lowest BCUT2D eigenvalue weighted by molar-refractivity contribution is 0.466. The summed E-state index contributed by atoms with van der Waals surface area (Å²) in [6.07, 6.45) is 1.93. The number of aromatic amines is 1. The molecule has 0 amide bonds. The molecule has 0 spiro atoms. The van der Waals surface area contributed by atoms with Crippen molar-refractivity contribution in [2.24, 2.45) is 0 Å². The van der Waals surface area contributed by atoms with Crippen molar-refractivity contribution in [1.82, 2.24) is 14.3 Å². The molecule has 4 aromatic rings. The van der Waals surface area contributed by atoms with Crippen molar-refractivity contribution >= 4 is 38.3 Å². The maximum Gasteiger partial charge on any atom is 0.271 e. The fraction of sp³-hybridized carbons (Fsp3) is 0.304. The van der Waals surface area contributed by atoms with Crippen molar-refractivity contribution < 1.29 is 8.78 Å². The van der Waals surface area contributed by atoms with Gasteiger partial charge in [-0.2, -0.15) is 0 Å². The van der Waals surface area contributed by atoms with Gasteiger partial charge in [-0.3, -0.25) is 14.0 Å². The number of hydrogen-bond acceptors (Lipinski definition) is 5. The Labute approximate surface area is 185 Å². The Balaban J connectivity index is 1.48. The van der Waals surface area contributed by atoms with Gasteiger partial charge in [-0.1, -0.05) is 12.1 Å². The lowest BCUT2D eigenvalue weighted by Crippen LogP contribution is -2.46. The molecule has 32 heavy (non-hydrogen) atoms. The van der Waals surface area contributed by atoms with Crippen molar-refractivity contribution in [2.45, 2.75) is 24.9 Å². The summed E-state index contributed by atoms with van der Waals surface area (Å²) in [7, 11) is 0. The lowest BCUT2D eigenvalue weighted by Gasteiger charge is -2.36. The molecule has 3 heterocycles. The predicted octanol–water partition coefficient (Wildman–Crippen LogP) is 3.67. The van der Waals surface area contributed by atoms with E-state index in [0.29, 0.717) is 35.7 Å². The van der Waals surface area contributed by atoms with Gasteiger partial charge >= 0.3 is 0 Å². The SMILES string of the molecule is O=c1[nH]sc2c1c(=O)c1cc(F)c(N3CCNC(c4ccc(F)cc4)C3)cc1n2C1CC1. The monoisotopic (exact) mass is 454 g/mol. The van der Waals surface area contributed by atoms with E-state index in [2.05, 4.69) is 9.69 Å². The summed E-state index contributed by atoms with van der Waals surface area (Å²) in [5, 5.41) is 3.76. The first kappa shape index (κ1) is 19.6. The van der Waals surface area contributed by atoms with Crippen LogP contribution in [0.15, 0.2) is 46.0 Å². The fourth-order valence-corrected chi connectivity index (χ4v) is 5.59. The van der Waals surface area contributed by atoms with Crippen molar-refractivity contribution in [2.75, 3.05) is 24.5 Å². The lowest BCUT2D eigenvalue weighted by atomic mass is 10.0. The molecule has 6 rings (SSSR count). The minimum atomic E-state index is -0.484. The average Bonchev–Trinajstić information content (AvgIpc) is 3.56. The number of hydrogen-bond donors (Lipinski definition) is 2. The number of aromatic nitrogens is 2. The molecule has 0 radical (unpaired) electrons. The number of rotatable bonds is 3.